The van der Waals surface area contributed by atoms with Gasteiger partial charge in [0.2, 0.25) is 5.91 Å². The van der Waals surface area contributed by atoms with E-state index in [-0.39, 0.29) is 24.2 Å². The fourth-order valence-electron chi connectivity index (χ4n) is 3.04. The third-order valence-corrected chi connectivity index (χ3v) is 7.71. The number of nitrogens with zero attached hydrogens (tertiary/aromatic N) is 1. The maximum atomic E-state index is 12.9. The Bertz CT molecular complexity index is 836. The van der Waals surface area contributed by atoms with E-state index in [1.165, 1.54) is 27.8 Å². The molecule has 0 radical (unpaired) electrons. The normalized spacial score (nSPS) is 18.6. The van der Waals surface area contributed by atoms with Gasteiger partial charge in [0.15, 0.2) is 0 Å². The van der Waals surface area contributed by atoms with E-state index in [0.29, 0.717) is 36.6 Å². The van der Waals surface area contributed by atoms with E-state index in [2.05, 4.69) is 5.32 Å². The van der Waals surface area contributed by atoms with Gasteiger partial charge in [-0.05, 0) is 48.4 Å². The summed E-state index contributed by atoms with van der Waals surface area (Å²) in [6, 6.07) is 9.47. The Morgan fingerprint density at radius 3 is 2.73 bits per heavy atom. The number of piperidine rings is 1. The second-order valence-corrected chi connectivity index (χ2v) is 9.41. The highest BCUT2D eigenvalue weighted by atomic mass is 32.2. The molecule has 3 rings (SSSR count). The van der Waals surface area contributed by atoms with Crippen molar-refractivity contribution in [3.63, 3.8) is 0 Å². The third-order valence-electron chi connectivity index (χ3n) is 4.47. The summed E-state index contributed by atoms with van der Waals surface area (Å²) in [5.74, 6) is -0.753. The summed E-state index contributed by atoms with van der Waals surface area (Å²) in [7, 11) is -3.52. The summed E-state index contributed by atoms with van der Waals surface area (Å²) < 4.78 is 39.9. The number of hydrogen-bond donors (Lipinski definition) is 1. The monoisotopic (exact) mass is 396 g/mol. The van der Waals surface area contributed by atoms with Crippen molar-refractivity contribution in [1.29, 1.82) is 0 Å². The smallest absolute Gasteiger partial charge is 0.252 e. The minimum absolute atomic E-state index is 0.127. The maximum Gasteiger partial charge on any atom is 0.252 e. The molecule has 8 heteroatoms. The summed E-state index contributed by atoms with van der Waals surface area (Å²) in [6.45, 7) is 1.10. The molecule has 0 saturated carbocycles. The van der Waals surface area contributed by atoms with Crippen LogP contribution in [0.4, 0.5) is 4.39 Å². The molecule has 1 amide bonds. The van der Waals surface area contributed by atoms with Gasteiger partial charge in [0.25, 0.3) is 10.0 Å². The number of sulfonamides is 1. The van der Waals surface area contributed by atoms with Crippen molar-refractivity contribution in [1.82, 2.24) is 9.62 Å². The van der Waals surface area contributed by atoms with Crippen molar-refractivity contribution in [2.45, 2.75) is 23.5 Å². The number of rotatable bonds is 6. The summed E-state index contributed by atoms with van der Waals surface area (Å²) in [4.78, 5) is 12.4. The van der Waals surface area contributed by atoms with Crippen LogP contribution >= 0.6 is 11.3 Å². The van der Waals surface area contributed by atoms with E-state index in [0.717, 1.165) is 5.56 Å². The quantitative estimate of drug-likeness (QED) is 0.816. The molecule has 1 aliphatic rings. The van der Waals surface area contributed by atoms with Crippen LogP contribution in [0.2, 0.25) is 0 Å². The van der Waals surface area contributed by atoms with Crippen molar-refractivity contribution in [2.75, 3.05) is 19.6 Å². The lowest BCUT2D eigenvalue weighted by Crippen LogP contribution is -2.45. The molecule has 1 unspecified atom stereocenters. The van der Waals surface area contributed by atoms with Gasteiger partial charge in [0.05, 0.1) is 5.92 Å². The number of benzene rings is 1. The Hall–Kier alpha value is -1.77. The fraction of sp³-hybridized carbons (Fsp3) is 0.389. The second kappa shape index (κ2) is 8.28. The summed E-state index contributed by atoms with van der Waals surface area (Å²) in [6.07, 6.45) is 1.95. The zero-order valence-corrected chi connectivity index (χ0v) is 15.9. The van der Waals surface area contributed by atoms with Crippen molar-refractivity contribution in [3.8, 4) is 0 Å². The van der Waals surface area contributed by atoms with Crippen LogP contribution in [-0.2, 0) is 21.2 Å². The van der Waals surface area contributed by atoms with Gasteiger partial charge in [-0.15, -0.1) is 11.3 Å². The zero-order valence-electron chi connectivity index (χ0n) is 14.2. The Morgan fingerprint density at radius 2 is 2.04 bits per heavy atom. The minimum atomic E-state index is -3.52. The average molecular weight is 397 g/mol. The van der Waals surface area contributed by atoms with E-state index in [1.807, 2.05) is 0 Å². The van der Waals surface area contributed by atoms with Gasteiger partial charge < -0.3 is 5.32 Å². The Balaban J connectivity index is 1.54. The number of thiophene rings is 1. The van der Waals surface area contributed by atoms with Crippen LogP contribution in [0.1, 0.15) is 18.4 Å². The molecule has 2 heterocycles. The summed E-state index contributed by atoms with van der Waals surface area (Å²) in [5.41, 5.74) is 0.942. The predicted octanol–water partition coefficient (Wildman–Crippen LogP) is 2.65. The lowest BCUT2D eigenvalue weighted by Gasteiger charge is -2.30. The first kappa shape index (κ1) is 19.0. The summed E-state index contributed by atoms with van der Waals surface area (Å²) in [5, 5.41) is 4.60. The molecule has 2 aromatic rings. The van der Waals surface area contributed by atoms with Gasteiger partial charge in [-0.2, -0.15) is 4.31 Å². The van der Waals surface area contributed by atoms with Crippen molar-refractivity contribution in [3.05, 3.63) is 53.2 Å². The molecule has 1 aromatic carbocycles. The zero-order chi connectivity index (χ0) is 18.6. The van der Waals surface area contributed by atoms with Crippen LogP contribution in [0.25, 0.3) is 0 Å². The number of halogens is 1. The second-order valence-electron chi connectivity index (χ2n) is 6.30. The highest BCUT2D eigenvalue weighted by molar-refractivity contribution is 7.91. The number of carbonyl (C=O) groups excluding carboxylic acids is 1. The van der Waals surface area contributed by atoms with Gasteiger partial charge in [-0.1, -0.05) is 18.2 Å². The van der Waals surface area contributed by atoms with Gasteiger partial charge in [0.1, 0.15) is 10.0 Å². The van der Waals surface area contributed by atoms with Crippen molar-refractivity contribution in [2.24, 2.45) is 5.92 Å². The Labute approximate surface area is 156 Å². The topological polar surface area (TPSA) is 66.5 Å². The van der Waals surface area contributed by atoms with E-state index >= 15 is 0 Å². The van der Waals surface area contributed by atoms with Crippen LogP contribution < -0.4 is 5.32 Å². The fourth-order valence-corrected chi connectivity index (χ4v) is 5.71. The van der Waals surface area contributed by atoms with E-state index in [4.69, 9.17) is 0 Å². The first-order valence-electron chi connectivity index (χ1n) is 8.52. The SMILES string of the molecule is O=C(NCCc1ccc(F)cc1)C1CCCN(S(=O)(=O)c2cccs2)C1. The molecule has 0 aliphatic carbocycles. The lowest BCUT2D eigenvalue weighted by atomic mass is 9.99. The number of hydrogen-bond acceptors (Lipinski definition) is 4. The highest BCUT2D eigenvalue weighted by Crippen LogP contribution is 2.26. The Kier molecular flexibility index (Phi) is 6.05. The number of amides is 1. The predicted molar refractivity (Wildman–Crippen MR) is 98.9 cm³/mol. The third kappa shape index (κ3) is 4.49. The maximum absolute atomic E-state index is 12.9. The molecule has 0 spiro atoms. The average Bonchev–Trinajstić information content (AvgIpc) is 3.19. The number of carbonyl (C=O) groups is 1. The molecule has 1 fully saturated rings. The molecule has 1 aliphatic heterocycles. The van der Waals surface area contributed by atoms with Gasteiger partial charge in [-0.25, -0.2) is 12.8 Å². The van der Waals surface area contributed by atoms with E-state index < -0.39 is 10.0 Å². The molecule has 26 heavy (non-hydrogen) atoms. The summed E-state index contributed by atoms with van der Waals surface area (Å²) >= 11 is 1.19. The molecular formula is C18H21FN2O3S2. The minimum Gasteiger partial charge on any atom is -0.355 e. The molecule has 1 N–H and O–H groups in total. The Morgan fingerprint density at radius 1 is 1.27 bits per heavy atom. The van der Waals surface area contributed by atoms with Crippen molar-refractivity contribution < 1.29 is 17.6 Å². The van der Waals surface area contributed by atoms with Crippen LogP contribution in [-0.4, -0.2) is 38.3 Å². The molecule has 5 nitrogen and oxygen atoms in total. The van der Waals surface area contributed by atoms with Gasteiger partial charge in [0, 0.05) is 19.6 Å². The molecule has 1 aromatic heterocycles. The van der Waals surface area contributed by atoms with Crippen LogP contribution in [0.3, 0.4) is 0 Å². The lowest BCUT2D eigenvalue weighted by molar-refractivity contribution is -0.126. The molecule has 0 bridgehead atoms. The van der Waals surface area contributed by atoms with Gasteiger partial charge >= 0.3 is 0 Å². The number of nitrogens with one attached hydrogen (secondary N) is 1. The standard InChI is InChI=1S/C18H21FN2O3S2/c19-16-7-5-14(6-8-16)9-10-20-18(22)15-3-1-11-21(13-15)26(23,24)17-4-2-12-25-17/h2,4-8,12,15H,1,3,9-11,13H2,(H,20,22). The molecular weight excluding hydrogens is 375 g/mol. The first-order valence-corrected chi connectivity index (χ1v) is 10.8. The molecule has 1 atom stereocenters. The van der Waals surface area contributed by atoms with Crippen LogP contribution in [0.5, 0.6) is 0 Å². The van der Waals surface area contributed by atoms with Crippen LogP contribution in [0, 0.1) is 11.7 Å². The molecule has 140 valence electrons. The highest BCUT2D eigenvalue weighted by Gasteiger charge is 2.33. The van der Waals surface area contributed by atoms with Crippen molar-refractivity contribution >= 4 is 27.3 Å². The van der Waals surface area contributed by atoms with Crippen LogP contribution in [0.15, 0.2) is 46.0 Å². The largest absolute Gasteiger partial charge is 0.355 e. The molecule has 1 saturated heterocycles. The van der Waals surface area contributed by atoms with E-state index in [9.17, 15) is 17.6 Å². The first-order chi connectivity index (χ1) is 12.5. The van der Waals surface area contributed by atoms with E-state index in [1.54, 1.807) is 29.6 Å². The van der Waals surface area contributed by atoms with Gasteiger partial charge in [-0.3, -0.25) is 4.79 Å².